The molecule has 2 rings (SSSR count). The third-order valence-electron chi connectivity index (χ3n) is 2.22. The Morgan fingerprint density at radius 1 is 1.53 bits per heavy atom. The number of aryl methyl sites for hydroxylation is 1. The average molecular weight is 229 g/mol. The third kappa shape index (κ3) is 1.83. The number of hydrogen-bond acceptors (Lipinski definition) is 5. The summed E-state index contributed by atoms with van der Waals surface area (Å²) in [6.45, 7) is 1.69. The van der Waals surface area contributed by atoms with E-state index in [1.165, 1.54) is 16.8 Å². The normalized spacial score (nSPS) is 9.88. The first kappa shape index (κ1) is 10.8. The van der Waals surface area contributed by atoms with Crippen molar-refractivity contribution in [1.29, 1.82) is 5.26 Å². The van der Waals surface area contributed by atoms with Crippen LogP contribution in [0.5, 0.6) is 0 Å². The van der Waals surface area contributed by atoms with Crippen LogP contribution in [0.1, 0.15) is 11.4 Å². The van der Waals surface area contributed by atoms with Crippen molar-refractivity contribution >= 4 is 5.69 Å². The summed E-state index contributed by atoms with van der Waals surface area (Å²) < 4.78 is 1.49. The second-order valence-electron chi connectivity index (χ2n) is 3.32. The second-order valence-corrected chi connectivity index (χ2v) is 3.32. The number of nitro groups is 1. The molecular formula is C10H7N5O2. The number of nitrogens with zero attached hydrogens (tertiary/aromatic N) is 5. The van der Waals surface area contributed by atoms with Gasteiger partial charge in [0.25, 0.3) is 5.69 Å². The van der Waals surface area contributed by atoms with Crippen LogP contribution in [0, 0.1) is 28.4 Å². The van der Waals surface area contributed by atoms with Crippen LogP contribution in [0.4, 0.5) is 5.69 Å². The number of rotatable bonds is 2. The molecule has 2 aromatic rings. The van der Waals surface area contributed by atoms with Gasteiger partial charge in [-0.3, -0.25) is 14.7 Å². The summed E-state index contributed by atoms with van der Waals surface area (Å²) in [7, 11) is 0. The van der Waals surface area contributed by atoms with Gasteiger partial charge in [-0.1, -0.05) is 0 Å². The number of imidazole rings is 1. The topological polar surface area (TPSA) is 97.6 Å². The van der Waals surface area contributed by atoms with E-state index in [9.17, 15) is 10.1 Å². The van der Waals surface area contributed by atoms with Crippen LogP contribution in [0.2, 0.25) is 0 Å². The van der Waals surface area contributed by atoms with Crippen molar-refractivity contribution in [3.63, 3.8) is 0 Å². The summed E-state index contributed by atoms with van der Waals surface area (Å²) in [4.78, 5) is 17.9. The molecule has 0 radical (unpaired) electrons. The molecule has 7 nitrogen and oxygen atoms in total. The zero-order valence-electron chi connectivity index (χ0n) is 8.86. The Bertz CT molecular complexity index is 626. The molecule has 0 atom stereocenters. The van der Waals surface area contributed by atoms with Crippen molar-refractivity contribution in [3.05, 3.63) is 46.2 Å². The van der Waals surface area contributed by atoms with Crippen molar-refractivity contribution in [2.75, 3.05) is 0 Å². The Balaban J connectivity index is 2.55. The molecule has 0 unspecified atom stereocenters. The van der Waals surface area contributed by atoms with E-state index in [4.69, 9.17) is 5.26 Å². The van der Waals surface area contributed by atoms with E-state index in [1.807, 2.05) is 6.07 Å². The van der Waals surface area contributed by atoms with Gasteiger partial charge in [0.1, 0.15) is 18.1 Å². The molecule has 0 saturated heterocycles. The van der Waals surface area contributed by atoms with E-state index in [1.54, 1.807) is 13.1 Å². The maximum atomic E-state index is 10.6. The summed E-state index contributed by atoms with van der Waals surface area (Å²) in [5.41, 5.74) is 0.526. The molecule has 0 saturated carbocycles. The summed E-state index contributed by atoms with van der Waals surface area (Å²) >= 11 is 0. The average Bonchev–Trinajstić information content (AvgIpc) is 2.76. The molecule has 0 aliphatic carbocycles. The fourth-order valence-corrected chi connectivity index (χ4v) is 1.46. The summed E-state index contributed by atoms with van der Waals surface area (Å²) in [6.07, 6.45) is 4.21. The Morgan fingerprint density at radius 3 is 2.88 bits per heavy atom. The van der Waals surface area contributed by atoms with Gasteiger partial charge in [0.2, 0.25) is 5.82 Å². The summed E-state index contributed by atoms with van der Waals surface area (Å²) in [5, 5.41) is 19.4. The van der Waals surface area contributed by atoms with Gasteiger partial charge in [-0.05, 0) is 12.5 Å². The maximum absolute atomic E-state index is 10.6. The molecule has 84 valence electrons. The molecule has 0 aromatic carbocycles. The highest BCUT2D eigenvalue weighted by atomic mass is 16.6. The van der Waals surface area contributed by atoms with Crippen LogP contribution in [0.15, 0.2) is 24.7 Å². The van der Waals surface area contributed by atoms with Crippen LogP contribution < -0.4 is 0 Å². The van der Waals surface area contributed by atoms with Crippen molar-refractivity contribution in [3.8, 4) is 11.9 Å². The maximum Gasteiger partial charge on any atom is 0.287 e. The van der Waals surface area contributed by atoms with E-state index in [2.05, 4.69) is 9.97 Å². The molecule has 17 heavy (non-hydrogen) atoms. The van der Waals surface area contributed by atoms with Gasteiger partial charge in [0.15, 0.2) is 0 Å². The van der Waals surface area contributed by atoms with Gasteiger partial charge in [-0.15, -0.1) is 0 Å². The van der Waals surface area contributed by atoms with Crippen LogP contribution in [0.3, 0.4) is 0 Å². The molecule has 0 bridgehead atoms. The van der Waals surface area contributed by atoms with Gasteiger partial charge in [0.05, 0.1) is 4.92 Å². The zero-order valence-corrected chi connectivity index (χ0v) is 8.86. The number of nitriles is 1. The Labute approximate surface area is 96.1 Å². The third-order valence-corrected chi connectivity index (χ3v) is 2.22. The van der Waals surface area contributed by atoms with Crippen molar-refractivity contribution < 1.29 is 4.92 Å². The van der Waals surface area contributed by atoms with Crippen molar-refractivity contribution in [2.24, 2.45) is 0 Å². The molecular weight excluding hydrogens is 222 g/mol. The lowest BCUT2D eigenvalue weighted by molar-refractivity contribution is -0.385. The van der Waals surface area contributed by atoms with Crippen molar-refractivity contribution in [1.82, 2.24) is 14.5 Å². The SMILES string of the molecule is Cc1cc([N+](=O)[O-])cnc1-n1ccnc1C#N. The Morgan fingerprint density at radius 2 is 2.29 bits per heavy atom. The van der Waals surface area contributed by atoms with Gasteiger partial charge >= 0.3 is 0 Å². The predicted molar refractivity (Wildman–Crippen MR) is 57.5 cm³/mol. The minimum absolute atomic E-state index is 0.0788. The van der Waals surface area contributed by atoms with Gasteiger partial charge in [-0.2, -0.15) is 5.26 Å². The fourth-order valence-electron chi connectivity index (χ4n) is 1.46. The Hall–Kier alpha value is -2.75. The molecule has 0 fully saturated rings. The number of aromatic nitrogens is 3. The van der Waals surface area contributed by atoms with Crippen LogP contribution in [-0.4, -0.2) is 19.5 Å². The molecule has 2 heterocycles. The highest BCUT2D eigenvalue weighted by Gasteiger charge is 2.12. The fraction of sp³-hybridized carbons (Fsp3) is 0.100. The molecule has 2 aromatic heterocycles. The lowest BCUT2D eigenvalue weighted by atomic mass is 10.2. The minimum Gasteiger partial charge on any atom is -0.275 e. The standard InChI is InChI=1S/C10H7N5O2/c1-7-4-8(15(16)17)6-13-10(7)14-3-2-12-9(14)5-11/h2-4,6H,1H3. The predicted octanol–water partition coefficient (Wildman–Crippen LogP) is 1.36. The monoisotopic (exact) mass is 229 g/mol. The molecule has 0 spiro atoms. The van der Waals surface area contributed by atoms with Gasteiger partial charge < -0.3 is 0 Å². The highest BCUT2D eigenvalue weighted by Crippen LogP contribution is 2.18. The summed E-state index contributed by atoms with van der Waals surface area (Å²) in [5.74, 6) is 0.652. The van der Waals surface area contributed by atoms with E-state index in [-0.39, 0.29) is 11.5 Å². The second kappa shape index (κ2) is 4.02. The van der Waals surface area contributed by atoms with E-state index in [0.29, 0.717) is 11.4 Å². The highest BCUT2D eigenvalue weighted by molar-refractivity contribution is 5.42. The van der Waals surface area contributed by atoms with Gasteiger partial charge in [-0.25, -0.2) is 9.97 Å². The molecule has 7 heteroatoms. The quantitative estimate of drug-likeness (QED) is 0.571. The Kier molecular flexibility index (Phi) is 2.54. The molecule has 0 N–H and O–H groups in total. The smallest absolute Gasteiger partial charge is 0.275 e. The lowest BCUT2D eigenvalue weighted by Crippen LogP contribution is -2.03. The van der Waals surface area contributed by atoms with Crippen LogP contribution in [-0.2, 0) is 0 Å². The van der Waals surface area contributed by atoms with E-state index in [0.717, 1.165) is 6.20 Å². The van der Waals surface area contributed by atoms with Gasteiger partial charge in [0, 0.05) is 18.5 Å². The first-order valence-corrected chi connectivity index (χ1v) is 4.68. The van der Waals surface area contributed by atoms with Crippen LogP contribution in [0.25, 0.3) is 5.82 Å². The first-order chi connectivity index (χ1) is 8.13. The molecule has 0 aliphatic rings. The van der Waals surface area contributed by atoms with E-state index >= 15 is 0 Å². The largest absolute Gasteiger partial charge is 0.287 e. The minimum atomic E-state index is -0.511. The molecule has 0 aliphatic heterocycles. The van der Waals surface area contributed by atoms with E-state index < -0.39 is 4.92 Å². The lowest BCUT2D eigenvalue weighted by Gasteiger charge is -2.05. The number of pyridine rings is 1. The molecule has 0 amide bonds. The summed E-state index contributed by atoms with van der Waals surface area (Å²) in [6, 6.07) is 3.32. The first-order valence-electron chi connectivity index (χ1n) is 4.68. The van der Waals surface area contributed by atoms with Crippen molar-refractivity contribution in [2.45, 2.75) is 6.92 Å². The van der Waals surface area contributed by atoms with Crippen LogP contribution >= 0.6 is 0 Å². The number of hydrogen-bond donors (Lipinski definition) is 0. The zero-order chi connectivity index (χ0) is 12.4.